The standard InChI is InChI=1S/C16H28N2O/c1-12(2)18(8-9-19-5)16(11-17)15-10-13(3)6-7-14(15)4/h6-7,10,12,16H,8-9,11,17H2,1-5H3. The molecule has 1 rings (SSSR count). The van der Waals surface area contributed by atoms with Crippen LogP contribution in [0.25, 0.3) is 0 Å². The second kappa shape index (κ2) is 7.63. The molecule has 0 aliphatic heterocycles. The van der Waals surface area contributed by atoms with Crippen molar-refractivity contribution < 1.29 is 4.74 Å². The van der Waals surface area contributed by atoms with E-state index in [1.54, 1.807) is 7.11 Å². The molecule has 1 atom stereocenters. The summed E-state index contributed by atoms with van der Waals surface area (Å²) in [6.07, 6.45) is 0. The molecule has 0 aromatic heterocycles. The van der Waals surface area contributed by atoms with Crippen LogP contribution < -0.4 is 5.73 Å². The fourth-order valence-corrected chi connectivity index (χ4v) is 2.53. The lowest BCUT2D eigenvalue weighted by atomic mass is 9.97. The van der Waals surface area contributed by atoms with Gasteiger partial charge in [-0.25, -0.2) is 0 Å². The second-order valence-electron chi connectivity index (χ2n) is 5.44. The maximum absolute atomic E-state index is 6.05. The van der Waals surface area contributed by atoms with E-state index < -0.39 is 0 Å². The van der Waals surface area contributed by atoms with Gasteiger partial charge in [0.25, 0.3) is 0 Å². The van der Waals surface area contributed by atoms with E-state index in [1.807, 2.05) is 0 Å². The zero-order valence-electron chi connectivity index (χ0n) is 12.9. The highest BCUT2D eigenvalue weighted by molar-refractivity contribution is 5.33. The van der Waals surface area contributed by atoms with Crippen LogP contribution in [0.5, 0.6) is 0 Å². The summed E-state index contributed by atoms with van der Waals surface area (Å²) in [5, 5.41) is 0. The Morgan fingerprint density at radius 3 is 2.47 bits per heavy atom. The molecule has 0 amide bonds. The minimum Gasteiger partial charge on any atom is -0.383 e. The number of nitrogens with two attached hydrogens (primary N) is 1. The highest BCUT2D eigenvalue weighted by Gasteiger charge is 2.22. The van der Waals surface area contributed by atoms with Gasteiger partial charge in [-0.3, -0.25) is 4.90 Å². The SMILES string of the molecule is COCCN(C(C)C)C(CN)c1cc(C)ccc1C. The average molecular weight is 264 g/mol. The Balaban J connectivity index is 3.04. The van der Waals surface area contributed by atoms with E-state index in [4.69, 9.17) is 10.5 Å². The summed E-state index contributed by atoms with van der Waals surface area (Å²) in [7, 11) is 1.74. The van der Waals surface area contributed by atoms with Gasteiger partial charge >= 0.3 is 0 Å². The number of hydrogen-bond acceptors (Lipinski definition) is 3. The van der Waals surface area contributed by atoms with Gasteiger partial charge in [-0.2, -0.15) is 0 Å². The Hall–Kier alpha value is -0.900. The van der Waals surface area contributed by atoms with Crippen LogP contribution in [-0.2, 0) is 4.74 Å². The number of rotatable bonds is 7. The number of benzene rings is 1. The van der Waals surface area contributed by atoms with Crippen molar-refractivity contribution in [2.45, 2.75) is 39.8 Å². The van der Waals surface area contributed by atoms with Gasteiger partial charge < -0.3 is 10.5 Å². The van der Waals surface area contributed by atoms with E-state index in [1.165, 1.54) is 16.7 Å². The third-order valence-electron chi connectivity index (χ3n) is 3.63. The monoisotopic (exact) mass is 264 g/mol. The van der Waals surface area contributed by atoms with Gasteiger partial charge in [0, 0.05) is 32.3 Å². The number of ether oxygens (including phenoxy) is 1. The van der Waals surface area contributed by atoms with Gasteiger partial charge in [-0.1, -0.05) is 23.8 Å². The Bertz CT molecular complexity index is 390. The second-order valence-corrected chi connectivity index (χ2v) is 5.44. The molecule has 0 radical (unpaired) electrons. The van der Waals surface area contributed by atoms with E-state index in [-0.39, 0.29) is 6.04 Å². The van der Waals surface area contributed by atoms with E-state index in [2.05, 4.69) is 50.8 Å². The van der Waals surface area contributed by atoms with Gasteiger partial charge in [0.1, 0.15) is 0 Å². The van der Waals surface area contributed by atoms with Gasteiger partial charge in [-0.15, -0.1) is 0 Å². The lowest BCUT2D eigenvalue weighted by Gasteiger charge is -2.35. The molecule has 3 nitrogen and oxygen atoms in total. The smallest absolute Gasteiger partial charge is 0.0590 e. The fourth-order valence-electron chi connectivity index (χ4n) is 2.53. The van der Waals surface area contributed by atoms with Gasteiger partial charge in [0.15, 0.2) is 0 Å². The summed E-state index contributed by atoms with van der Waals surface area (Å²) in [4.78, 5) is 2.42. The molecule has 0 spiro atoms. The zero-order valence-corrected chi connectivity index (χ0v) is 12.9. The number of nitrogens with zero attached hydrogens (tertiary/aromatic N) is 1. The molecule has 0 aliphatic carbocycles. The predicted octanol–water partition coefficient (Wildman–Crippen LogP) is 2.66. The molecule has 1 unspecified atom stereocenters. The average Bonchev–Trinajstić information content (AvgIpc) is 2.37. The van der Waals surface area contributed by atoms with E-state index in [9.17, 15) is 0 Å². The maximum Gasteiger partial charge on any atom is 0.0590 e. The first-order valence-corrected chi connectivity index (χ1v) is 7.03. The highest BCUT2D eigenvalue weighted by atomic mass is 16.5. The summed E-state index contributed by atoms with van der Waals surface area (Å²) < 4.78 is 5.22. The van der Waals surface area contributed by atoms with Crippen LogP contribution in [0.2, 0.25) is 0 Å². The molecule has 1 aromatic rings. The first kappa shape index (κ1) is 16.2. The Morgan fingerprint density at radius 1 is 1.26 bits per heavy atom. The van der Waals surface area contributed by atoms with Crippen molar-refractivity contribution in [1.82, 2.24) is 4.90 Å². The van der Waals surface area contributed by atoms with E-state index >= 15 is 0 Å². The molecule has 0 heterocycles. The van der Waals surface area contributed by atoms with Crippen molar-refractivity contribution in [1.29, 1.82) is 0 Å². The highest BCUT2D eigenvalue weighted by Crippen LogP contribution is 2.25. The van der Waals surface area contributed by atoms with Gasteiger partial charge in [0.2, 0.25) is 0 Å². The molecule has 0 aliphatic rings. The number of aryl methyl sites for hydroxylation is 2. The van der Waals surface area contributed by atoms with Crippen LogP contribution in [0.3, 0.4) is 0 Å². The van der Waals surface area contributed by atoms with Crippen LogP contribution in [0.4, 0.5) is 0 Å². The molecule has 0 saturated heterocycles. The first-order valence-electron chi connectivity index (χ1n) is 7.03. The summed E-state index contributed by atoms with van der Waals surface area (Å²) in [6, 6.07) is 7.30. The lowest BCUT2D eigenvalue weighted by Crippen LogP contribution is -2.41. The fraction of sp³-hybridized carbons (Fsp3) is 0.625. The molecular formula is C16H28N2O. The molecular weight excluding hydrogens is 236 g/mol. The molecule has 1 aromatic carbocycles. The van der Waals surface area contributed by atoms with E-state index in [0.717, 1.165) is 13.2 Å². The van der Waals surface area contributed by atoms with Crippen molar-refractivity contribution in [3.8, 4) is 0 Å². The minimum atomic E-state index is 0.259. The topological polar surface area (TPSA) is 38.5 Å². The Kier molecular flexibility index (Phi) is 6.49. The normalized spacial score (nSPS) is 13.3. The van der Waals surface area contributed by atoms with Crippen LogP contribution >= 0.6 is 0 Å². The quantitative estimate of drug-likeness (QED) is 0.823. The van der Waals surface area contributed by atoms with Crippen molar-refractivity contribution in [2.75, 3.05) is 26.8 Å². The number of hydrogen-bond donors (Lipinski definition) is 1. The summed E-state index contributed by atoms with van der Waals surface area (Å²) in [5.74, 6) is 0. The van der Waals surface area contributed by atoms with Crippen molar-refractivity contribution in [3.05, 3.63) is 34.9 Å². The molecule has 2 N–H and O–H groups in total. The van der Waals surface area contributed by atoms with Crippen molar-refractivity contribution >= 4 is 0 Å². The largest absolute Gasteiger partial charge is 0.383 e. The molecule has 0 saturated carbocycles. The van der Waals surface area contributed by atoms with Crippen LogP contribution in [0.15, 0.2) is 18.2 Å². The molecule has 0 bridgehead atoms. The first-order chi connectivity index (χ1) is 9.01. The third kappa shape index (κ3) is 4.30. The van der Waals surface area contributed by atoms with Crippen LogP contribution in [0.1, 0.15) is 36.6 Å². The summed E-state index contributed by atoms with van der Waals surface area (Å²) in [5.41, 5.74) is 9.99. The lowest BCUT2D eigenvalue weighted by molar-refractivity contribution is 0.0977. The molecule has 108 valence electrons. The Morgan fingerprint density at radius 2 is 1.95 bits per heavy atom. The molecule has 19 heavy (non-hydrogen) atoms. The zero-order chi connectivity index (χ0) is 14.4. The minimum absolute atomic E-state index is 0.259. The van der Waals surface area contributed by atoms with Crippen LogP contribution in [-0.4, -0.2) is 37.7 Å². The van der Waals surface area contributed by atoms with Crippen LogP contribution in [0, 0.1) is 13.8 Å². The Labute approximate surface area is 117 Å². The summed E-state index contributed by atoms with van der Waals surface area (Å²) in [6.45, 7) is 11.0. The van der Waals surface area contributed by atoms with Gasteiger partial charge in [-0.05, 0) is 38.8 Å². The third-order valence-corrected chi connectivity index (χ3v) is 3.63. The molecule has 3 heteroatoms. The predicted molar refractivity (Wildman–Crippen MR) is 81.4 cm³/mol. The van der Waals surface area contributed by atoms with E-state index in [0.29, 0.717) is 12.6 Å². The summed E-state index contributed by atoms with van der Waals surface area (Å²) >= 11 is 0. The maximum atomic E-state index is 6.05. The van der Waals surface area contributed by atoms with Crippen molar-refractivity contribution in [3.63, 3.8) is 0 Å². The van der Waals surface area contributed by atoms with Crippen molar-refractivity contribution in [2.24, 2.45) is 5.73 Å². The number of methoxy groups -OCH3 is 1. The van der Waals surface area contributed by atoms with Gasteiger partial charge in [0.05, 0.1) is 6.61 Å². The molecule has 0 fully saturated rings.